The number of rotatable bonds is 4. The van der Waals surface area contributed by atoms with Crippen molar-refractivity contribution in [2.24, 2.45) is 0 Å². The van der Waals surface area contributed by atoms with Crippen LogP contribution in [-0.4, -0.2) is 100 Å². The van der Waals surface area contributed by atoms with Crippen LogP contribution >= 0.6 is 0 Å². The number of ether oxygens (including phenoxy) is 2. The Balaban J connectivity index is 1.39. The summed E-state index contributed by atoms with van der Waals surface area (Å²) in [5.41, 5.74) is 1.60. The molecule has 0 aliphatic carbocycles. The first-order chi connectivity index (χ1) is 16.3. The molecule has 2 fully saturated rings. The summed E-state index contributed by atoms with van der Waals surface area (Å²) >= 11 is 0. The van der Waals surface area contributed by atoms with Crippen LogP contribution < -0.4 is 4.90 Å². The van der Waals surface area contributed by atoms with Crippen molar-refractivity contribution in [1.82, 2.24) is 14.7 Å². The number of benzene rings is 1. The molecule has 3 aliphatic rings. The zero-order valence-electron chi connectivity index (χ0n) is 20.6. The maximum atomic E-state index is 14.2. The summed E-state index contributed by atoms with van der Waals surface area (Å²) in [6, 6.07) is 5.18. The second kappa shape index (κ2) is 10.5. The lowest BCUT2D eigenvalue weighted by molar-refractivity contribution is 0.0710. The summed E-state index contributed by atoms with van der Waals surface area (Å²) in [6.45, 7) is 4.50. The Labute approximate surface area is 201 Å². The molecule has 0 bridgehead atoms. The lowest BCUT2D eigenvalue weighted by Gasteiger charge is -2.43. The van der Waals surface area contributed by atoms with Crippen molar-refractivity contribution in [3.05, 3.63) is 29.6 Å². The SMILES string of the molecule is COCCOC(=O)N1CCCC(N2CCC3(CC2)CN(C(=O)N(C)C)c2ccc(F)cc23)CC1. The van der Waals surface area contributed by atoms with Gasteiger partial charge in [0.15, 0.2) is 0 Å². The fraction of sp³-hybridized carbons (Fsp3) is 0.680. The quantitative estimate of drug-likeness (QED) is 0.624. The molecule has 34 heavy (non-hydrogen) atoms. The highest BCUT2D eigenvalue weighted by molar-refractivity contribution is 5.95. The summed E-state index contributed by atoms with van der Waals surface area (Å²) in [5.74, 6) is -0.249. The van der Waals surface area contributed by atoms with Crippen LogP contribution in [0.2, 0.25) is 0 Å². The largest absolute Gasteiger partial charge is 0.447 e. The van der Waals surface area contributed by atoms with Crippen LogP contribution in [0.1, 0.15) is 37.7 Å². The molecule has 1 aromatic carbocycles. The van der Waals surface area contributed by atoms with Gasteiger partial charge in [0, 0.05) is 58.0 Å². The molecule has 1 unspecified atom stereocenters. The molecular formula is C25H37FN4O4. The van der Waals surface area contributed by atoms with E-state index in [0.29, 0.717) is 32.3 Å². The smallest absolute Gasteiger partial charge is 0.409 e. The molecule has 3 heterocycles. The molecule has 3 aliphatic heterocycles. The number of hydrogen-bond acceptors (Lipinski definition) is 5. The molecule has 4 rings (SSSR count). The van der Waals surface area contributed by atoms with Gasteiger partial charge in [-0.15, -0.1) is 0 Å². The van der Waals surface area contributed by atoms with Gasteiger partial charge in [0.05, 0.1) is 6.61 Å². The summed E-state index contributed by atoms with van der Waals surface area (Å²) < 4.78 is 24.5. The van der Waals surface area contributed by atoms with E-state index in [1.807, 2.05) is 9.80 Å². The minimum atomic E-state index is -0.259. The summed E-state index contributed by atoms with van der Waals surface area (Å²) in [5, 5.41) is 0. The Morgan fingerprint density at radius 3 is 2.59 bits per heavy atom. The molecule has 0 radical (unpaired) electrons. The minimum absolute atomic E-state index is 0.0617. The minimum Gasteiger partial charge on any atom is -0.447 e. The first-order valence-corrected chi connectivity index (χ1v) is 12.3. The Morgan fingerprint density at radius 2 is 1.88 bits per heavy atom. The third kappa shape index (κ3) is 5.00. The van der Waals surface area contributed by atoms with Gasteiger partial charge in [0.2, 0.25) is 0 Å². The number of anilines is 1. The number of piperidine rings is 1. The van der Waals surface area contributed by atoms with Gasteiger partial charge in [-0.1, -0.05) is 0 Å². The molecule has 3 amide bonds. The Hall–Kier alpha value is -2.39. The highest BCUT2D eigenvalue weighted by Crippen LogP contribution is 2.48. The fourth-order valence-electron chi connectivity index (χ4n) is 5.73. The Bertz CT molecular complexity index is 888. The number of methoxy groups -OCH3 is 1. The molecule has 9 heteroatoms. The first-order valence-electron chi connectivity index (χ1n) is 12.3. The second-order valence-corrected chi connectivity index (χ2v) is 9.92. The lowest BCUT2D eigenvalue weighted by atomic mass is 9.74. The van der Waals surface area contributed by atoms with Gasteiger partial charge in [-0.2, -0.15) is 0 Å². The molecule has 188 valence electrons. The molecule has 8 nitrogen and oxygen atoms in total. The molecule has 1 aromatic rings. The van der Waals surface area contributed by atoms with E-state index in [4.69, 9.17) is 9.47 Å². The van der Waals surface area contributed by atoms with Crippen molar-refractivity contribution < 1.29 is 23.5 Å². The molecular weight excluding hydrogens is 439 g/mol. The fourth-order valence-corrected chi connectivity index (χ4v) is 5.73. The van der Waals surface area contributed by atoms with Crippen molar-refractivity contribution in [2.75, 3.05) is 72.0 Å². The van der Waals surface area contributed by atoms with Crippen LogP contribution in [0.25, 0.3) is 0 Å². The number of fused-ring (bicyclic) bond motifs is 2. The van der Waals surface area contributed by atoms with Crippen LogP contribution in [0.4, 0.5) is 19.7 Å². The van der Waals surface area contributed by atoms with Crippen molar-refractivity contribution in [2.45, 2.75) is 43.6 Å². The van der Waals surface area contributed by atoms with Crippen molar-refractivity contribution >= 4 is 17.8 Å². The number of amides is 3. The summed E-state index contributed by atoms with van der Waals surface area (Å²) in [4.78, 5) is 32.9. The number of urea groups is 1. The van der Waals surface area contributed by atoms with E-state index in [9.17, 15) is 14.0 Å². The summed E-state index contributed by atoms with van der Waals surface area (Å²) in [7, 11) is 5.09. The predicted octanol–water partition coefficient (Wildman–Crippen LogP) is 3.30. The van der Waals surface area contributed by atoms with E-state index in [0.717, 1.165) is 56.4 Å². The number of carbonyl (C=O) groups is 2. The standard InChI is InChI=1S/C25H37FN4O4/c1-27(2)23(31)30-18-25(21-17-19(26)6-7-22(21)30)9-13-28(14-10-25)20-5-4-11-29(12-8-20)24(32)34-16-15-33-3/h6-7,17,20H,4-5,8-16,18H2,1-3H3. The van der Waals surface area contributed by atoms with E-state index in [-0.39, 0.29) is 30.0 Å². The average Bonchev–Trinajstić information content (AvgIpc) is 2.97. The molecule has 0 aromatic heterocycles. The van der Waals surface area contributed by atoms with Crippen LogP contribution in [-0.2, 0) is 14.9 Å². The lowest BCUT2D eigenvalue weighted by Crippen LogP contribution is -2.50. The highest BCUT2D eigenvalue weighted by atomic mass is 19.1. The van der Waals surface area contributed by atoms with Crippen molar-refractivity contribution in [1.29, 1.82) is 0 Å². The van der Waals surface area contributed by atoms with Gasteiger partial charge < -0.3 is 24.2 Å². The normalized spacial score (nSPS) is 22.4. The zero-order chi connectivity index (χ0) is 24.3. The second-order valence-electron chi connectivity index (χ2n) is 9.92. The van der Waals surface area contributed by atoms with Gasteiger partial charge >= 0.3 is 12.1 Å². The maximum Gasteiger partial charge on any atom is 0.409 e. The molecule has 2 saturated heterocycles. The number of halogens is 1. The number of likely N-dealkylation sites (tertiary alicyclic amines) is 2. The van der Waals surface area contributed by atoms with E-state index >= 15 is 0 Å². The van der Waals surface area contributed by atoms with Crippen LogP contribution in [0.3, 0.4) is 0 Å². The van der Waals surface area contributed by atoms with E-state index in [2.05, 4.69) is 4.90 Å². The summed E-state index contributed by atoms with van der Waals surface area (Å²) in [6.07, 6.45) is 4.43. The topological polar surface area (TPSA) is 65.6 Å². The van der Waals surface area contributed by atoms with Crippen LogP contribution in [0.5, 0.6) is 0 Å². The molecule has 1 atom stereocenters. The highest BCUT2D eigenvalue weighted by Gasteiger charge is 2.47. The molecule has 0 saturated carbocycles. The van der Waals surface area contributed by atoms with Gasteiger partial charge in [0.25, 0.3) is 0 Å². The first kappa shape index (κ1) is 24.7. The molecule has 1 spiro atoms. The van der Waals surface area contributed by atoms with Crippen LogP contribution in [0, 0.1) is 5.82 Å². The number of hydrogen-bond donors (Lipinski definition) is 0. The van der Waals surface area contributed by atoms with E-state index in [1.165, 1.54) is 6.07 Å². The maximum absolute atomic E-state index is 14.2. The van der Waals surface area contributed by atoms with Gasteiger partial charge in [-0.3, -0.25) is 4.90 Å². The van der Waals surface area contributed by atoms with Gasteiger partial charge in [-0.25, -0.2) is 14.0 Å². The zero-order valence-corrected chi connectivity index (χ0v) is 20.6. The Kier molecular flexibility index (Phi) is 7.62. The van der Waals surface area contributed by atoms with E-state index < -0.39 is 0 Å². The Morgan fingerprint density at radius 1 is 1.12 bits per heavy atom. The molecule has 0 N–H and O–H groups in total. The van der Waals surface area contributed by atoms with Crippen molar-refractivity contribution in [3.63, 3.8) is 0 Å². The van der Waals surface area contributed by atoms with Crippen LogP contribution in [0.15, 0.2) is 18.2 Å². The monoisotopic (exact) mass is 476 g/mol. The third-order valence-corrected chi connectivity index (χ3v) is 7.64. The van der Waals surface area contributed by atoms with Gasteiger partial charge in [0.1, 0.15) is 12.4 Å². The third-order valence-electron chi connectivity index (χ3n) is 7.64. The average molecular weight is 477 g/mol. The number of carbonyl (C=O) groups excluding carboxylic acids is 2. The van der Waals surface area contributed by atoms with E-state index in [1.54, 1.807) is 38.2 Å². The van der Waals surface area contributed by atoms with Crippen molar-refractivity contribution in [3.8, 4) is 0 Å². The number of nitrogens with zero attached hydrogens (tertiary/aromatic N) is 4. The predicted molar refractivity (Wildman–Crippen MR) is 128 cm³/mol. The van der Waals surface area contributed by atoms with Gasteiger partial charge in [-0.05, 0) is 69.0 Å².